The largest absolute Gasteiger partial charge is 0.361 e. The molecule has 0 saturated carbocycles. The minimum Gasteiger partial charge on any atom is -0.361 e. The first-order chi connectivity index (χ1) is 23.8. The number of benzene rings is 1. The summed E-state index contributed by atoms with van der Waals surface area (Å²) in [6, 6.07) is 9.21. The average Bonchev–Trinajstić information content (AvgIpc) is 3.52. The lowest BCUT2D eigenvalue weighted by Crippen LogP contribution is -2.57. The highest BCUT2D eigenvalue weighted by Gasteiger charge is 2.34. The number of aromatic amines is 1. The number of nitrogens with zero attached hydrogens (tertiary/aromatic N) is 3. The number of fused-ring (bicyclic) bond motifs is 3. The highest BCUT2D eigenvalue weighted by Crippen LogP contribution is 2.36. The molecule has 1 aliphatic heterocycles. The number of carbonyl (C=O) groups is 3. The molecule has 4 aromatic rings. The van der Waals surface area contributed by atoms with E-state index in [1.807, 2.05) is 42.6 Å². The van der Waals surface area contributed by atoms with Crippen LogP contribution < -0.4 is 27.4 Å². The number of halogens is 1. The lowest BCUT2D eigenvalue weighted by atomic mass is 10.0. The van der Waals surface area contributed by atoms with E-state index in [9.17, 15) is 14.4 Å². The Morgan fingerprint density at radius 1 is 0.939 bits per heavy atom. The van der Waals surface area contributed by atoms with Gasteiger partial charge in [-0.2, -0.15) is 0 Å². The molecular formula is C35H44ClN9O3S. The van der Waals surface area contributed by atoms with Crippen LogP contribution in [0.25, 0.3) is 10.9 Å². The number of nitrogens with two attached hydrogens (primary N) is 2. The van der Waals surface area contributed by atoms with E-state index in [0.29, 0.717) is 72.2 Å². The van der Waals surface area contributed by atoms with Crippen molar-refractivity contribution < 1.29 is 14.4 Å². The van der Waals surface area contributed by atoms with Crippen LogP contribution in [0.15, 0.2) is 71.1 Å². The van der Waals surface area contributed by atoms with Gasteiger partial charge < -0.3 is 37.3 Å². The molecule has 14 heteroatoms. The van der Waals surface area contributed by atoms with Crippen molar-refractivity contribution in [1.82, 2.24) is 35.8 Å². The van der Waals surface area contributed by atoms with Gasteiger partial charge in [0.2, 0.25) is 17.7 Å². The van der Waals surface area contributed by atoms with Gasteiger partial charge in [-0.3, -0.25) is 19.4 Å². The first-order valence-electron chi connectivity index (χ1n) is 16.6. The van der Waals surface area contributed by atoms with Crippen LogP contribution in [0.1, 0.15) is 48.8 Å². The van der Waals surface area contributed by atoms with Crippen molar-refractivity contribution in [2.75, 3.05) is 20.1 Å². The van der Waals surface area contributed by atoms with E-state index in [1.165, 1.54) is 16.7 Å². The van der Waals surface area contributed by atoms with E-state index in [4.69, 9.17) is 23.1 Å². The second-order valence-corrected chi connectivity index (χ2v) is 13.5. The Balaban J connectivity index is 1.55. The summed E-state index contributed by atoms with van der Waals surface area (Å²) in [7, 11) is 1.62. The summed E-state index contributed by atoms with van der Waals surface area (Å²) >= 11 is 8.06. The van der Waals surface area contributed by atoms with Gasteiger partial charge in [-0.1, -0.05) is 47.6 Å². The number of unbranched alkanes of at least 4 members (excludes halogenated alkanes) is 1. The van der Waals surface area contributed by atoms with Gasteiger partial charge in [0.15, 0.2) is 0 Å². The van der Waals surface area contributed by atoms with Crippen LogP contribution in [0.4, 0.5) is 0 Å². The fourth-order valence-corrected chi connectivity index (χ4v) is 7.25. The van der Waals surface area contributed by atoms with E-state index in [-0.39, 0.29) is 30.7 Å². The molecule has 0 saturated heterocycles. The van der Waals surface area contributed by atoms with E-state index in [2.05, 4.69) is 30.9 Å². The number of H-pyrrole nitrogens is 1. The molecule has 12 nitrogen and oxygen atoms in total. The van der Waals surface area contributed by atoms with Crippen LogP contribution in [0.5, 0.6) is 0 Å². The average molecular weight is 706 g/mol. The van der Waals surface area contributed by atoms with Crippen molar-refractivity contribution in [3.63, 3.8) is 0 Å². The molecule has 8 N–H and O–H groups in total. The number of rotatable bonds is 9. The zero-order valence-electron chi connectivity index (χ0n) is 27.6. The molecule has 1 aromatic carbocycles. The number of hydrogen-bond donors (Lipinski definition) is 6. The van der Waals surface area contributed by atoms with E-state index in [0.717, 1.165) is 22.0 Å². The molecule has 0 spiro atoms. The van der Waals surface area contributed by atoms with E-state index >= 15 is 0 Å². The maximum absolute atomic E-state index is 14.3. The number of hydrogen-bond acceptors (Lipinski definition) is 9. The number of para-hydroxylation sites is 1. The van der Waals surface area contributed by atoms with Gasteiger partial charge in [0.05, 0.1) is 11.1 Å². The second kappa shape index (κ2) is 17.6. The fourth-order valence-electron chi connectivity index (χ4n) is 5.97. The lowest BCUT2D eigenvalue weighted by Gasteiger charge is -2.32. The molecule has 3 aromatic heterocycles. The van der Waals surface area contributed by atoms with Gasteiger partial charge in [-0.05, 0) is 68.5 Å². The zero-order chi connectivity index (χ0) is 34.8. The summed E-state index contributed by atoms with van der Waals surface area (Å²) < 4.78 is 0. The highest BCUT2D eigenvalue weighted by molar-refractivity contribution is 7.99. The van der Waals surface area contributed by atoms with Crippen molar-refractivity contribution >= 4 is 52.0 Å². The number of nitrogens with one attached hydrogen (secondary N) is 4. The van der Waals surface area contributed by atoms with Gasteiger partial charge >= 0.3 is 0 Å². The highest BCUT2D eigenvalue weighted by atomic mass is 35.5. The number of pyridine rings is 2. The molecule has 3 unspecified atom stereocenters. The Hall–Kier alpha value is -4.01. The van der Waals surface area contributed by atoms with E-state index < -0.39 is 18.1 Å². The van der Waals surface area contributed by atoms with Crippen LogP contribution in [0.3, 0.4) is 0 Å². The summed E-state index contributed by atoms with van der Waals surface area (Å²) in [5, 5.41) is 11.5. The topological polar surface area (TPSA) is 184 Å². The third kappa shape index (κ3) is 9.17. The van der Waals surface area contributed by atoms with Gasteiger partial charge in [0.1, 0.15) is 17.1 Å². The maximum atomic E-state index is 14.3. The molecule has 4 heterocycles. The predicted molar refractivity (Wildman–Crippen MR) is 192 cm³/mol. The number of likely N-dealkylation sites (N-methyl/N-ethyl adjacent to an activating group) is 1. The molecule has 5 rings (SSSR count). The molecule has 3 atom stereocenters. The van der Waals surface area contributed by atoms with Crippen LogP contribution >= 0.6 is 23.4 Å². The van der Waals surface area contributed by atoms with Crippen molar-refractivity contribution in [2.45, 2.75) is 79.7 Å². The molecule has 0 radical (unpaired) electrons. The smallest absolute Gasteiger partial charge is 0.245 e. The summed E-state index contributed by atoms with van der Waals surface area (Å²) in [6.07, 6.45) is 9.81. The minimum atomic E-state index is -0.895. The van der Waals surface area contributed by atoms with Gasteiger partial charge in [0, 0.05) is 72.7 Å². The van der Waals surface area contributed by atoms with Crippen LogP contribution in [0.2, 0.25) is 5.02 Å². The summed E-state index contributed by atoms with van der Waals surface area (Å²) in [5.74, 6) is -1.02. The number of carbonyl (C=O) groups excluding carboxylic acids is 3. The lowest BCUT2D eigenvalue weighted by molar-refractivity contribution is -0.142. The molecule has 3 amide bonds. The summed E-state index contributed by atoms with van der Waals surface area (Å²) in [4.78, 5) is 56.7. The van der Waals surface area contributed by atoms with E-state index in [1.54, 1.807) is 25.6 Å². The molecule has 260 valence electrons. The van der Waals surface area contributed by atoms with Gasteiger partial charge in [0.25, 0.3) is 0 Å². The Kier molecular flexibility index (Phi) is 13.0. The van der Waals surface area contributed by atoms with Crippen molar-refractivity contribution in [2.24, 2.45) is 11.5 Å². The molecule has 1 aliphatic rings. The van der Waals surface area contributed by atoms with Crippen molar-refractivity contribution in [1.29, 1.82) is 0 Å². The van der Waals surface area contributed by atoms with Gasteiger partial charge in [-0.25, -0.2) is 4.98 Å². The normalized spacial score (nSPS) is 19.6. The monoisotopic (exact) mass is 705 g/mol. The quantitative estimate of drug-likeness (QED) is 0.142. The second-order valence-electron chi connectivity index (χ2n) is 12.1. The molecule has 0 fully saturated rings. The number of aromatic nitrogens is 3. The first-order valence-corrected chi connectivity index (χ1v) is 17.8. The third-order valence-corrected chi connectivity index (χ3v) is 10.4. The molecular weight excluding hydrogens is 662 g/mol. The van der Waals surface area contributed by atoms with Crippen LogP contribution in [0, 0.1) is 0 Å². The third-order valence-electron chi connectivity index (χ3n) is 8.75. The minimum absolute atomic E-state index is 0.124. The fraction of sp³-hybridized carbons (Fsp3) is 0.400. The maximum Gasteiger partial charge on any atom is 0.245 e. The zero-order valence-corrected chi connectivity index (χ0v) is 29.2. The Morgan fingerprint density at radius 3 is 2.55 bits per heavy atom. The van der Waals surface area contributed by atoms with Gasteiger partial charge in [-0.15, -0.1) is 0 Å². The molecule has 0 aliphatic carbocycles. The van der Waals surface area contributed by atoms with Crippen LogP contribution in [-0.4, -0.2) is 75.8 Å². The van der Waals surface area contributed by atoms with Crippen molar-refractivity contribution in [3.05, 3.63) is 82.9 Å². The Morgan fingerprint density at radius 2 is 1.73 bits per heavy atom. The molecule has 49 heavy (non-hydrogen) atoms. The SMILES string of the molecule is CN1C(=O)C(CCCCN)NC(=O)C(CCCN)NCc2cccnc2Sc2c(Cl)cncc2CNC(=O)C1Cc1c[nH]c2ccccc12. The summed E-state index contributed by atoms with van der Waals surface area (Å²) in [6.45, 7) is 1.34. The molecule has 0 bridgehead atoms. The standard InChI is InChI=1S/C35H44ClN9O3S/c1-45-30(16-23-19-41-27-10-3-2-9-25(23)27)33(47)43-20-24-17-39-21-26(36)31(24)49-34-22(8-7-15-40-34)18-42-28(12-6-14-38)32(46)44-29(35(45)48)11-4-5-13-37/h2-3,7-10,15,17,19,21,28-30,41-42H,4-6,11-14,16,18,20,37-38H2,1H3,(H,43,47)(H,44,46). The Labute approximate surface area is 295 Å². The summed E-state index contributed by atoms with van der Waals surface area (Å²) in [5.41, 5.74) is 15.0. The predicted octanol–water partition coefficient (Wildman–Crippen LogP) is 3.27. The number of amides is 3. The Bertz CT molecular complexity index is 1750. The first kappa shape index (κ1) is 36.3. The van der Waals surface area contributed by atoms with Crippen molar-refractivity contribution in [3.8, 4) is 0 Å². The van der Waals surface area contributed by atoms with Crippen LogP contribution in [-0.2, 0) is 33.9 Å².